The van der Waals surface area contributed by atoms with Crippen LogP contribution in [0.1, 0.15) is 26.3 Å². The highest BCUT2D eigenvalue weighted by molar-refractivity contribution is 6.30. The highest BCUT2D eigenvalue weighted by Gasteiger charge is 2.15. The highest BCUT2D eigenvalue weighted by atomic mass is 35.5. The van der Waals surface area contributed by atoms with Crippen LogP contribution in [-0.4, -0.2) is 30.0 Å². The molecule has 2 aromatic rings. The van der Waals surface area contributed by atoms with Crippen molar-refractivity contribution < 1.29 is 9.53 Å². The van der Waals surface area contributed by atoms with Crippen LogP contribution < -0.4 is 10.1 Å². The average Bonchev–Trinajstić information content (AvgIpc) is 2.61. The number of hydrogen-bond acceptors (Lipinski definition) is 3. The minimum atomic E-state index is -0.617. The summed E-state index contributed by atoms with van der Waals surface area (Å²) in [6.45, 7) is 8.97. The van der Waals surface area contributed by atoms with Crippen molar-refractivity contribution in [3.63, 3.8) is 0 Å². The first-order valence-electron chi connectivity index (χ1n) is 8.56. The van der Waals surface area contributed by atoms with Gasteiger partial charge in [-0.25, -0.2) is 0 Å². The summed E-state index contributed by atoms with van der Waals surface area (Å²) in [7, 11) is 0. The summed E-state index contributed by atoms with van der Waals surface area (Å²) < 4.78 is 5.63. The number of hydrogen-bond donors (Lipinski definition) is 1. The van der Waals surface area contributed by atoms with Crippen LogP contribution in [0.4, 0.5) is 5.69 Å². The van der Waals surface area contributed by atoms with Gasteiger partial charge >= 0.3 is 0 Å². The smallest absolute Gasteiger partial charge is 0.265 e. The Morgan fingerprint density at radius 2 is 1.84 bits per heavy atom. The summed E-state index contributed by atoms with van der Waals surface area (Å²) in [4.78, 5) is 14.6. The first-order valence-corrected chi connectivity index (χ1v) is 8.94. The van der Waals surface area contributed by atoms with Crippen molar-refractivity contribution in [3.05, 3.63) is 59.1 Å². The maximum Gasteiger partial charge on any atom is 0.265 e. The number of ether oxygens (including phenoxy) is 1. The monoisotopic (exact) mass is 360 g/mol. The van der Waals surface area contributed by atoms with Gasteiger partial charge in [0, 0.05) is 17.3 Å². The van der Waals surface area contributed by atoms with E-state index in [1.807, 2.05) is 24.3 Å². The lowest BCUT2D eigenvalue weighted by Gasteiger charge is -2.18. The van der Waals surface area contributed by atoms with Crippen LogP contribution in [0, 0.1) is 0 Å². The molecule has 1 atom stereocenters. The largest absolute Gasteiger partial charge is 0.481 e. The fraction of sp³-hybridized carbons (Fsp3) is 0.350. The number of carbonyl (C=O) groups is 1. The average molecular weight is 361 g/mol. The highest BCUT2D eigenvalue weighted by Crippen LogP contribution is 2.19. The van der Waals surface area contributed by atoms with Gasteiger partial charge in [0.1, 0.15) is 5.75 Å². The topological polar surface area (TPSA) is 41.6 Å². The molecule has 0 aliphatic carbocycles. The fourth-order valence-corrected chi connectivity index (χ4v) is 2.62. The van der Waals surface area contributed by atoms with Gasteiger partial charge in [-0.2, -0.15) is 0 Å². The first kappa shape index (κ1) is 19.3. The number of halogens is 1. The summed E-state index contributed by atoms with van der Waals surface area (Å²) in [5.74, 6) is 0.376. The Balaban J connectivity index is 1.91. The third-order valence-electron chi connectivity index (χ3n) is 4.00. The van der Waals surface area contributed by atoms with E-state index in [9.17, 15) is 4.79 Å². The van der Waals surface area contributed by atoms with Gasteiger partial charge in [-0.15, -0.1) is 0 Å². The molecule has 134 valence electrons. The molecule has 2 rings (SSSR count). The zero-order valence-corrected chi connectivity index (χ0v) is 15.7. The fourth-order valence-electron chi connectivity index (χ4n) is 2.44. The molecule has 0 saturated heterocycles. The standard InChI is InChI=1S/C20H25ClN2O2/c1-4-23(5-2)14-16-9-11-18(12-10-16)22-20(24)15(3)25-19-8-6-7-17(21)13-19/h6-13,15H,4-5,14H2,1-3H3,(H,22,24)/t15-/m1/s1. The maximum absolute atomic E-state index is 12.3. The zero-order chi connectivity index (χ0) is 18.2. The molecule has 2 aromatic carbocycles. The van der Waals surface area contributed by atoms with Gasteiger partial charge in [0.25, 0.3) is 5.91 Å². The molecule has 1 amide bonds. The summed E-state index contributed by atoms with van der Waals surface area (Å²) in [6, 6.07) is 14.9. The number of benzene rings is 2. The van der Waals surface area contributed by atoms with Gasteiger partial charge in [0.15, 0.2) is 6.10 Å². The summed E-state index contributed by atoms with van der Waals surface area (Å²) in [5, 5.41) is 3.45. The van der Waals surface area contributed by atoms with E-state index in [0.717, 1.165) is 25.3 Å². The Bertz CT molecular complexity index is 684. The second kappa shape index (κ2) is 9.44. The van der Waals surface area contributed by atoms with Crippen LogP contribution >= 0.6 is 11.6 Å². The third kappa shape index (κ3) is 6.07. The lowest BCUT2D eigenvalue weighted by molar-refractivity contribution is -0.122. The van der Waals surface area contributed by atoms with Crippen molar-refractivity contribution in [2.24, 2.45) is 0 Å². The van der Waals surface area contributed by atoms with Crippen LogP contribution in [0.2, 0.25) is 5.02 Å². The molecule has 25 heavy (non-hydrogen) atoms. The molecular weight excluding hydrogens is 336 g/mol. The lowest BCUT2D eigenvalue weighted by Crippen LogP contribution is -2.30. The van der Waals surface area contributed by atoms with Crippen LogP contribution in [0.3, 0.4) is 0 Å². The molecule has 1 N–H and O–H groups in total. The second-order valence-corrected chi connectivity index (χ2v) is 6.30. The first-order chi connectivity index (χ1) is 12.0. The van der Waals surface area contributed by atoms with Crippen molar-refractivity contribution in [2.75, 3.05) is 18.4 Å². The zero-order valence-electron chi connectivity index (χ0n) is 15.0. The SMILES string of the molecule is CCN(CC)Cc1ccc(NC(=O)[C@@H](C)Oc2cccc(Cl)c2)cc1. The van der Waals surface area contributed by atoms with Gasteiger partial charge in [-0.1, -0.05) is 43.6 Å². The van der Waals surface area contributed by atoms with E-state index in [1.54, 1.807) is 31.2 Å². The van der Waals surface area contributed by atoms with Crippen molar-refractivity contribution >= 4 is 23.2 Å². The molecule has 0 aromatic heterocycles. The number of amides is 1. The molecule has 0 aliphatic heterocycles. The number of nitrogens with zero attached hydrogens (tertiary/aromatic N) is 1. The predicted molar refractivity (Wildman–Crippen MR) is 103 cm³/mol. The molecule has 0 heterocycles. The molecule has 0 radical (unpaired) electrons. The van der Waals surface area contributed by atoms with Crippen LogP contribution in [0.5, 0.6) is 5.75 Å². The number of rotatable bonds is 8. The Hall–Kier alpha value is -2.04. The predicted octanol–water partition coefficient (Wildman–Crippen LogP) is 4.59. The van der Waals surface area contributed by atoms with Gasteiger partial charge in [0.2, 0.25) is 0 Å². The molecule has 0 spiro atoms. The Morgan fingerprint density at radius 1 is 1.16 bits per heavy atom. The van der Waals surface area contributed by atoms with E-state index in [-0.39, 0.29) is 5.91 Å². The van der Waals surface area contributed by atoms with E-state index in [1.165, 1.54) is 5.56 Å². The van der Waals surface area contributed by atoms with Crippen molar-refractivity contribution in [2.45, 2.75) is 33.4 Å². The number of nitrogens with one attached hydrogen (secondary N) is 1. The molecular formula is C20H25ClN2O2. The molecule has 0 bridgehead atoms. The maximum atomic E-state index is 12.3. The van der Waals surface area contributed by atoms with E-state index in [2.05, 4.69) is 24.1 Å². The molecule has 0 fully saturated rings. The molecule has 0 saturated carbocycles. The van der Waals surface area contributed by atoms with E-state index < -0.39 is 6.10 Å². The van der Waals surface area contributed by atoms with Crippen molar-refractivity contribution in [1.29, 1.82) is 0 Å². The summed E-state index contributed by atoms with van der Waals surface area (Å²) in [6.07, 6.45) is -0.617. The quantitative estimate of drug-likeness (QED) is 0.748. The molecule has 4 nitrogen and oxygen atoms in total. The Labute approximate surface area is 154 Å². The third-order valence-corrected chi connectivity index (χ3v) is 4.24. The van der Waals surface area contributed by atoms with Crippen molar-refractivity contribution in [1.82, 2.24) is 4.90 Å². The Morgan fingerprint density at radius 3 is 2.44 bits per heavy atom. The van der Waals surface area contributed by atoms with E-state index in [0.29, 0.717) is 10.8 Å². The molecule has 5 heteroatoms. The van der Waals surface area contributed by atoms with E-state index in [4.69, 9.17) is 16.3 Å². The van der Waals surface area contributed by atoms with Crippen LogP contribution in [-0.2, 0) is 11.3 Å². The number of anilines is 1. The Kier molecular flexibility index (Phi) is 7.29. The van der Waals surface area contributed by atoms with Gasteiger partial charge in [0.05, 0.1) is 0 Å². The van der Waals surface area contributed by atoms with Crippen LogP contribution in [0.15, 0.2) is 48.5 Å². The summed E-state index contributed by atoms with van der Waals surface area (Å²) in [5.41, 5.74) is 1.99. The van der Waals surface area contributed by atoms with Gasteiger partial charge in [-0.3, -0.25) is 9.69 Å². The normalized spacial score (nSPS) is 12.0. The van der Waals surface area contributed by atoms with Gasteiger partial charge in [-0.05, 0) is 55.9 Å². The minimum Gasteiger partial charge on any atom is -0.481 e. The van der Waals surface area contributed by atoms with E-state index >= 15 is 0 Å². The second-order valence-electron chi connectivity index (χ2n) is 5.87. The van der Waals surface area contributed by atoms with Crippen LogP contribution in [0.25, 0.3) is 0 Å². The lowest BCUT2D eigenvalue weighted by atomic mass is 10.2. The molecule has 0 aliphatic rings. The number of carbonyl (C=O) groups excluding carboxylic acids is 1. The molecule has 0 unspecified atom stereocenters. The minimum absolute atomic E-state index is 0.198. The summed E-state index contributed by atoms with van der Waals surface area (Å²) >= 11 is 5.93. The van der Waals surface area contributed by atoms with Gasteiger partial charge < -0.3 is 10.1 Å². The van der Waals surface area contributed by atoms with Crippen molar-refractivity contribution in [3.8, 4) is 5.75 Å².